The minimum absolute atomic E-state index is 0.598. The zero-order chi connectivity index (χ0) is 10.3. The van der Waals surface area contributed by atoms with Gasteiger partial charge in [-0.25, -0.2) is 9.97 Å². The molecule has 1 aliphatic carbocycles. The Kier molecular flexibility index (Phi) is 2.36. The van der Waals surface area contributed by atoms with Crippen LogP contribution in [-0.4, -0.2) is 28.6 Å². The van der Waals surface area contributed by atoms with Crippen LogP contribution in [0.25, 0.3) is 0 Å². The number of aromatic nitrogens is 2. The first-order chi connectivity index (χ1) is 7.31. The van der Waals surface area contributed by atoms with E-state index in [1.54, 1.807) is 12.4 Å². The first-order valence-corrected chi connectivity index (χ1v) is 6.08. The van der Waals surface area contributed by atoms with Gasteiger partial charge < -0.3 is 10.6 Å². The van der Waals surface area contributed by atoms with Crippen molar-refractivity contribution in [3.63, 3.8) is 0 Å². The van der Waals surface area contributed by atoms with Gasteiger partial charge in [0, 0.05) is 31.0 Å². The maximum Gasteiger partial charge on any atom is 0.222 e. The summed E-state index contributed by atoms with van der Waals surface area (Å²) >= 11 is 3.31. The molecule has 2 N–H and O–H groups in total. The van der Waals surface area contributed by atoms with E-state index >= 15 is 0 Å². The first kappa shape index (κ1) is 9.54. The van der Waals surface area contributed by atoms with Crippen LogP contribution < -0.4 is 10.6 Å². The van der Waals surface area contributed by atoms with Crippen molar-refractivity contribution in [1.29, 1.82) is 0 Å². The smallest absolute Gasteiger partial charge is 0.222 e. The zero-order valence-corrected chi connectivity index (χ0v) is 9.87. The highest BCUT2D eigenvalue weighted by Crippen LogP contribution is 2.40. The van der Waals surface area contributed by atoms with Crippen LogP contribution in [0.3, 0.4) is 0 Å². The highest BCUT2D eigenvalue weighted by atomic mass is 79.9. The molecular formula is C10H13BrN4. The molecule has 1 aliphatic heterocycles. The standard InChI is InChI=1S/C10H13BrN4/c11-7-3-12-10(13-4-7)14-5-8-1-6-2-9(6)15-8/h3-4,6,8-9,15H,1-2,5H2,(H,12,13,14). The van der Waals surface area contributed by atoms with Crippen molar-refractivity contribution in [3.05, 3.63) is 16.9 Å². The molecule has 1 saturated heterocycles. The number of rotatable bonds is 3. The fourth-order valence-electron chi connectivity index (χ4n) is 2.21. The van der Waals surface area contributed by atoms with Gasteiger partial charge in [-0.1, -0.05) is 0 Å². The lowest BCUT2D eigenvalue weighted by molar-refractivity contribution is 0.560. The largest absolute Gasteiger partial charge is 0.353 e. The average Bonchev–Trinajstić information content (AvgIpc) is 2.86. The van der Waals surface area contributed by atoms with E-state index in [9.17, 15) is 0 Å². The molecular weight excluding hydrogens is 256 g/mol. The van der Waals surface area contributed by atoms with Crippen molar-refractivity contribution in [2.24, 2.45) is 5.92 Å². The molecule has 3 atom stereocenters. The zero-order valence-electron chi connectivity index (χ0n) is 8.28. The van der Waals surface area contributed by atoms with Crippen LogP contribution in [0.1, 0.15) is 12.8 Å². The third-order valence-electron chi connectivity index (χ3n) is 3.09. The molecule has 2 fully saturated rings. The van der Waals surface area contributed by atoms with Crippen LogP contribution in [0.2, 0.25) is 0 Å². The summed E-state index contributed by atoms with van der Waals surface area (Å²) in [6.45, 7) is 0.925. The molecule has 0 amide bonds. The number of nitrogens with one attached hydrogen (secondary N) is 2. The fraction of sp³-hybridized carbons (Fsp3) is 0.600. The van der Waals surface area contributed by atoms with Crippen LogP contribution in [0.5, 0.6) is 0 Å². The average molecular weight is 269 g/mol. The highest BCUT2D eigenvalue weighted by molar-refractivity contribution is 9.10. The van der Waals surface area contributed by atoms with Crippen LogP contribution in [0, 0.1) is 5.92 Å². The maximum atomic E-state index is 4.17. The Morgan fingerprint density at radius 2 is 2.20 bits per heavy atom. The lowest BCUT2D eigenvalue weighted by atomic mass is 10.2. The Morgan fingerprint density at radius 1 is 1.40 bits per heavy atom. The summed E-state index contributed by atoms with van der Waals surface area (Å²) in [6.07, 6.45) is 6.20. The van der Waals surface area contributed by atoms with Gasteiger partial charge in [-0.3, -0.25) is 0 Å². The number of hydrogen-bond acceptors (Lipinski definition) is 4. The SMILES string of the molecule is Brc1cnc(NCC2CC3CC3N2)nc1. The minimum Gasteiger partial charge on any atom is -0.353 e. The number of piperidine rings is 1. The summed E-state index contributed by atoms with van der Waals surface area (Å²) in [4.78, 5) is 8.35. The predicted molar refractivity (Wildman–Crippen MR) is 61.7 cm³/mol. The van der Waals surface area contributed by atoms with Gasteiger partial charge in [-0.15, -0.1) is 0 Å². The summed E-state index contributed by atoms with van der Waals surface area (Å²) in [5.74, 6) is 1.66. The topological polar surface area (TPSA) is 49.8 Å². The van der Waals surface area contributed by atoms with Crippen molar-refractivity contribution in [2.45, 2.75) is 24.9 Å². The van der Waals surface area contributed by atoms with Crippen LogP contribution in [0.15, 0.2) is 16.9 Å². The molecule has 0 spiro atoms. The molecule has 80 valence electrons. The summed E-state index contributed by atoms with van der Waals surface area (Å²) in [7, 11) is 0. The highest BCUT2D eigenvalue weighted by Gasteiger charge is 2.45. The Balaban J connectivity index is 1.51. The molecule has 5 heteroatoms. The lowest BCUT2D eigenvalue weighted by Crippen LogP contribution is -2.32. The van der Waals surface area contributed by atoms with Gasteiger partial charge in [0.25, 0.3) is 0 Å². The molecule has 3 rings (SSSR count). The van der Waals surface area contributed by atoms with Crippen molar-refractivity contribution in [1.82, 2.24) is 15.3 Å². The van der Waals surface area contributed by atoms with Gasteiger partial charge in [0.2, 0.25) is 5.95 Å². The van der Waals surface area contributed by atoms with Crippen LogP contribution >= 0.6 is 15.9 Å². The molecule has 15 heavy (non-hydrogen) atoms. The van der Waals surface area contributed by atoms with Gasteiger partial charge in [0.05, 0.1) is 4.47 Å². The normalized spacial score (nSPS) is 32.5. The number of halogens is 1. The number of hydrogen-bond donors (Lipinski definition) is 2. The predicted octanol–water partition coefficient (Wildman–Crippen LogP) is 1.40. The molecule has 4 nitrogen and oxygen atoms in total. The molecule has 1 aromatic rings. The van der Waals surface area contributed by atoms with Crippen molar-refractivity contribution in [2.75, 3.05) is 11.9 Å². The van der Waals surface area contributed by atoms with E-state index < -0.39 is 0 Å². The third kappa shape index (κ3) is 2.13. The Bertz CT molecular complexity index is 343. The number of anilines is 1. The lowest BCUT2D eigenvalue weighted by Gasteiger charge is -2.13. The van der Waals surface area contributed by atoms with Crippen LogP contribution in [0.4, 0.5) is 5.95 Å². The summed E-state index contributed by atoms with van der Waals surface area (Å²) in [5.41, 5.74) is 0. The van der Waals surface area contributed by atoms with E-state index in [2.05, 4.69) is 36.5 Å². The quantitative estimate of drug-likeness (QED) is 0.871. The van der Waals surface area contributed by atoms with Crippen molar-refractivity contribution >= 4 is 21.9 Å². The minimum atomic E-state index is 0.598. The van der Waals surface area contributed by atoms with E-state index in [4.69, 9.17) is 0 Å². The molecule has 1 saturated carbocycles. The summed E-state index contributed by atoms with van der Waals surface area (Å²) in [6, 6.07) is 1.41. The van der Waals surface area contributed by atoms with Crippen LogP contribution in [-0.2, 0) is 0 Å². The molecule has 2 heterocycles. The van der Waals surface area contributed by atoms with E-state index in [-0.39, 0.29) is 0 Å². The third-order valence-corrected chi connectivity index (χ3v) is 3.50. The fourth-order valence-corrected chi connectivity index (χ4v) is 2.41. The van der Waals surface area contributed by atoms with E-state index in [1.165, 1.54) is 12.8 Å². The second-order valence-electron chi connectivity index (χ2n) is 4.31. The number of nitrogens with zero attached hydrogens (tertiary/aromatic N) is 2. The number of fused-ring (bicyclic) bond motifs is 1. The molecule has 0 bridgehead atoms. The van der Waals surface area contributed by atoms with Gasteiger partial charge in [-0.05, 0) is 34.7 Å². The van der Waals surface area contributed by atoms with E-state index in [1.807, 2.05) is 0 Å². The molecule has 3 unspecified atom stereocenters. The van der Waals surface area contributed by atoms with Gasteiger partial charge in [0.15, 0.2) is 0 Å². The van der Waals surface area contributed by atoms with E-state index in [0.29, 0.717) is 12.0 Å². The molecule has 0 aromatic carbocycles. The Morgan fingerprint density at radius 3 is 2.87 bits per heavy atom. The summed E-state index contributed by atoms with van der Waals surface area (Å²) in [5, 5.41) is 6.83. The van der Waals surface area contributed by atoms with Gasteiger partial charge >= 0.3 is 0 Å². The molecule has 0 radical (unpaired) electrons. The van der Waals surface area contributed by atoms with Crippen molar-refractivity contribution in [3.8, 4) is 0 Å². The maximum absolute atomic E-state index is 4.17. The summed E-state index contributed by atoms with van der Waals surface area (Å²) < 4.78 is 0.910. The first-order valence-electron chi connectivity index (χ1n) is 5.29. The second-order valence-corrected chi connectivity index (χ2v) is 5.22. The van der Waals surface area contributed by atoms with Crippen molar-refractivity contribution < 1.29 is 0 Å². The monoisotopic (exact) mass is 268 g/mol. The second kappa shape index (κ2) is 3.72. The Hall–Kier alpha value is -0.680. The van der Waals surface area contributed by atoms with E-state index in [0.717, 1.165) is 23.0 Å². The Labute approximate surface area is 97.0 Å². The molecule has 1 aromatic heterocycles. The van der Waals surface area contributed by atoms with Gasteiger partial charge in [-0.2, -0.15) is 0 Å². The molecule has 2 aliphatic rings. The van der Waals surface area contributed by atoms with Gasteiger partial charge in [0.1, 0.15) is 0 Å².